The van der Waals surface area contributed by atoms with Gasteiger partial charge in [-0.3, -0.25) is 4.79 Å². The summed E-state index contributed by atoms with van der Waals surface area (Å²) < 4.78 is 0.982. The number of hydrogen-bond donors (Lipinski definition) is 2. The van der Waals surface area contributed by atoms with E-state index in [1.165, 1.54) is 0 Å². The van der Waals surface area contributed by atoms with Gasteiger partial charge in [0.05, 0.1) is 23.8 Å². The summed E-state index contributed by atoms with van der Waals surface area (Å²) in [4.78, 5) is 14.2. The van der Waals surface area contributed by atoms with E-state index in [4.69, 9.17) is 0 Å². The maximum atomic E-state index is 11.8. The van der Waals surface area contributed by atoms with Crippen molar-refractivity contribution in [2.24, 2.45) is 5.92 Å². The smallest absolute Gasteiger partial charge is 0.225 e. The van der Waals surface area contributed by atoms with Crippen LogP contribution in [0.2, 0.25) is 0 Å². The molecular formula is C15H19BrN2O2. The molecule has 2 unspecified atom stereocenters. The Hall–Kier alpha value is -1.07. The van der Waals surface area contributed by atoms with E-state index >= 15 is 0 Å². The van der Waals surface area contributed by atoms with Gasteiger partial charge in [-0.05, 0) is 53.4 Å². The highest BCUT2D eigenvalue weighted by molar-refractivity contribution is 9.10. The molecule has 2 aliphatic rings. The first kappa shape index (κ1) is 13.9. The van der Waals surface area contributed by atoms with Gasteiger partial charge in [0.15, 0.2) is 0 Å². The van der Waals surface area contributed by atoms with Gasteiger partial charge in [0.25, 0.3) is 0 Å². The van der Waals surface area contributed by atoms with E-state index in [-0.39, 0.29) is 17.9 Å². The minimum Gasteiger partial charge on any atom is -0.389 e. The number of nitrogens with one attached hydrogen (secondary N) is 1. The molecule has 5 heteroatoms. The van der Waals surface area contributed by atoms with Crippen LogP contribution in [-0.2, 0) is 4.79 Å². The SMILES string of the molecule is C[C@H](O)c1ccc(N2CCCC3C(=O)NCC32)c(Br)c1. The first-order valence-electron chi connectivity index (χ1n) is 7.10. The summed E-state index contributed by atoms with van der Waals surface area (Å²) in [6, 6.07) is 6.22. The molecule has 0 aromatic heterocycles. The van der Waals surface area contributed by atoms with Crippen LogP contribution >= 0.6 is 15.9 Å². The summed E-state index contributed by atoms with van der Waals surface area (Å²) in [5.41, 5.74) is 2.01. The molecule has 0 spiro atoms. The van der Waals surface area contributed by atoms with E-state index in [1.54, 1.807) is 6.92 Å². The molecule has 3 atom stereocenters. The lowest BCUT2D eigenvalue weighted by Crippen LogP contribution is -2.45. The minimum absolute atomic E-state index is 0.118. The van der Waals surface area contributed by atoms with Crippen LogP contribution in [0.4, 0.5) is 5.69 Å². The number of benzene rings is 1. The van der Waals surface area contributed by atoms with E-state index in [9.17, 15) is 9.90 Å². The molecule has 2 saturated heterocycles. The van der Waals surface area contributed by atoms with Crippen molar-refractivity contribution in [2.75, 3.05) is 18.0 Å². The van der Waals surface area contributed by atoms with Crippen molar-refractivity contribution in [3.63, 3.8) is 0 Å². The van der Waals surface area contributed by atoms with Crippen LogP contribution in [0, 0.1) is 5.92 Å². The van der Waals surface area contributed by atoms with Crippen molar-refractivity contribution < 1.29 is 9.90 Å². The highest BCUT2D eigenvalue weighted by Gasteiger charge is 2.41. The molecule has 4 nitrogen and oxygen atoms in total. The van der Waals surface area contributed by atoms with Crippen LogP contribution in [0.25, 0.3) is 0 Å². The molecule has 2 heterocycles. The van der Waals surface area contributed by atoms with E-state index in [0.29, 0.717) is 0 Å². The number of aliphatic hydroxyl groups is 1. The number of piperidine rings is 1. The second-order valence-electron chi connectivity index (χ2n) is 5.64. The summed E-state index contributed by atoms with van der Waals surface area (Å²) in [7, 11) is 0. The predicted octanol–water partition coefficient (Wildman–Crippen LogP) is 2.22. The second-order valence-corrected chi connectivity index (χ2v) is 6.50. The number of carbonyl (C=O) groups excluding carboxylic acids is 1. The van der Waals surface area contributed by atoms with E-state index in [2.05, 4.69) is 26.1 Å². The Labute approximate surface area is 127 Å². The summed E-state index contributed by atoms with van der Waals surface area (Å²) in [5.74, 6) is 0.309. The zero-order chi connectivity index (χ0) is 14.3. The Bertz CT molecular complexity index is 533. The van der Waals surface area contributed by atoms with E-state index in [0.717, 1.165) is 41.7 Å². The maximum absolute atomic E-state index is 11.8. The molecule has 0 saturated carbocycles. The van der Waals surface area contributed by atoms with Gasteiger partial charge in [-0.25, -0.2) is 0 Å². The molecule has 3 rings (SSSR count). The lowest BCUT2D eigenvalue weighted by atomic mass is 9.91. The van der Waals surface area contributed by atoms with Crippen molar-refractivity contribution >= 4 is 27.5 Å². The number of carbonyl (C=O) groups is 1. The average molecular weight is 339 g/mol. The number of halogens is 1. The summed E-state index contributed by atoms with van der Waals surface area (Å²) >= 11 is 3.60. The fourth-order valence-electron chi connectivity index (χ4n) is 3.27. The summed E-state index contributed by atoms with van der Waals surface area (Å²) in [6.07, 6.45) is 1.56. The molecule has 20 heavy (non-hydrogen) atoms. The third-order valence-corrected chi connectivity index (χ3v) is 5.00. The van der Waals surface area contributed by atoms with Crippen LogP contribution in [0.15, 0.2) is 22.7 Å². The molecular weight excluding hydrogens is 320 g/mol. The highest BCUT2D eigenvalue weighted by Crippen LogP contribution is 2.36. The molecule has 108 valence electrons. The zero-order valence-electron chi connectivity index (χ0n) is 11.5. The van der Waals surface area contributed by atoms with Gasteiger partial charge in [-0.15, -0.1) is 0 Å². The van der Waals surface area contributed by atoms with Gasteiger partial charge in [0.1, 0.15) is 0 Å². The number of fused-ring (bicyclic) bond motifs is 1. The molecule has 2 aliphatic heterocycles. The van der Waals surface area contributed by atoms with Crippen molar-refractivity contribution in [3.05, 3.63) is 28.2 Å². The lowest BCUT2D eigenvalue weighted by molar-refractivity contribution is -0.122. The third-order valence-electron chi connectivity index (χ3n) is 4.36. The van der Waals surface area contributed by atoms with Crippen molar-refractivity contribution in [3.8, 4) is 0 Å². The lowest BCUT2D eigenvalue weighted by Gasteiger charge is -2.38. The van der Waals surface area contributed by atoms with E-state index in [1.807, 2.05) is 18.2 Å². The van der Waals surface area contributed by atoms with Crippen LogP contribution < -0.4 is 10.2 Å². The highest BCUT2D eigenvalue weighted by atomic mass is 79.9. The number of amides is 1. The summed E-state index contributed by atoms with van der Waals surface area (Å²) in [6.45, 7) is 3.47. The molecule has 1 amide bonds. The number of anilines is 1. The van der Waals surface area contributed by atoms with Crippen LogP contribution in [0.3, 0.4) is 0 Å². The maximum Gasteiger partial charge on any atom is 0.225 e. The standard InChI is InChI=1S/C15H19BrN2O2/c1-9(19)10-4-5-13(12(16)7-10)18-6-2-3-11-14(18)8-17-15(11)20/h4-5,7,9,11,14,19H,2-3,6,8H2,1H3,(H,17,20)/t9-,11?,14?/m0/s1. The van der Waals surface area contributed by atoms with Crippen molar-refractivity contribution in [1.29, 1.82) is 0 Å². The van der Waals surface area contributed by atoms with Gasteiger partial charge >= 0.3 is 0 Å². The van der Waals surface area contributed by atoms with Gasteiger partial charge in [0.2, 0.25) is 5.91 Å². The number of nitrogens with zero attached hydrogens (tertiary/aromatic N) is 1. The van der Waals surface area contributed by atoms with Gasteiger partial charge < -0.3 is 15.3 Å². The number of rotatable bonds is 2. The fraction of sp³-hybridized carbons (Fsp3) is 0.533. The van der Waals surface area contributed by atoms with Crippen molar-refractivity contribution in [2.45, 2.75) is 31.9 Å². The van der Waals surface area contributed by atoms with Crippen LogP contribution in [0.1, 0.15) is 31.4 Å². The van der Waals surface area contributed by atoms with E-state index < -0.39 is 6.10 Å². The Balaban J connectivity index is 1.90. The zero-order valence-corrected chi connectivity index (χ0v) is 13.1. The molecule has 1 aromatic carbocycles. The molecule has 1 aromatic rings. The first-order chi connectivity index (χ1) is 9.58. The molecule has 2 N–H and O–H groups in total. The Morgan fingerprint density at radius 3 is 3.00 bits per heavy atom. The van der Waals surface area contributed by atoms with Crippen LogP contribution in [-0.4, -0.2) is 30.1 Å². The average Bonchev–Trinajstić information content (AvgIpc) is 2.81. The quantitative estimate of drug-likeness (QED) is 0.869. The molecule has 2 fully saturated rings. The minimum atomic E-state index is -0.468. The topological polar surface area (TPSA) is 52.6 Å². The predicted molar refractivity (Wildman–Crippen MR) is 81.6 cm³/mol. The van der Waals surface area contributed by atoms with Crippen molar-refractivity contribution in [1.82, 2.24) is 5.32 Å². The van der Waals surface area contributed by atoms with Gasteiger partial charge in [-0.1, -0.05) is 6.07 Å². The van der Waals surface area contributed by atoms with Crippen LogP contribution in [0.5, 0.6) is 0 Å². The van der Waals surface area contributed by atoms with Gasteiger partial charge in [-0.2, -0.15) is 0 Å². The van der Waals surface area contributed by atoms with Gasteiger partial charge in [0, 0.05) is 17.6 Å². The second kappa shape index (κ2) is 5.37. The first-order valence-corrected chi connectivity index (χ1v) is 7.89. The fourth-order valence-corrected chi connectivity index (χ4v) is 3.89. The normalized spacial score (nSPS) is 27.1. The third kappa shape index (κ3) is 2.33. The Morgan fingerprint density at radius 2 is 2.30 bits per heavy atom. The molecule has 0 aliphatic carbocycles. The molecule has 0 radical (unpaired) electrons. The monoisotopic (exact) mass is 338 g/mol. The largest absolute Gasteiger partial charge is 0.389 e. The Kier molecular flexibility index (Phi) is 3.73. The summed E-state index contributed by atoms with van der Waals surface area (Å²) in [5, 5.41) is 12.6. The molecule has 0 bridgehead atoms. The number of aliphatic hydroxyl groups excluding tert-OH is 1. The Morgan fingerprint density at radius 1 is 1.50 bits per heavy atom. The number of hydrogen-bond acceptors (Lipinski definition) is 3.